The number of hydrogen-bond acceptors (Lipinski definition) is 3. The van der Waals surface area contributed by atoms with Crippen molar-refractivity contribution in [3.63, 3.8) is 0 Å². The van der Waals surface area contributed by atoms with Gasteiger partial charge in [0.25, 0.3) is 5.91 Å². The minimum absolute atomic E-state index is 0.0830. The number of benzene rings is 2. The number of thiocarbonyl (C=S) groups is 1. The molecular formula is C20H24N2O2S. The summed E-state index contributed by atoms with van der Waals surface area (Å²) in [6.07, 6.45) is 0.983. The molecule has 2 N–H and O–H groups in total. The number of hydrogen-bond donors (Lipinski definition) is 2. The van der Waals surface area contributed by atoms with E-state index in [1.54, 1.807) is 0 Å². The van der Waals surface area contributed by atoms with E-state index in [4.69, 9.17) is 17.0 Å². The molecule has 0 aromatic heterocycles. The Morgan fingerprint density at radius 1 is 1.12 bits per heavy atom. The normalized spacial score (nSPS) is 10.4. The van der Waals surface area contributed by atoms with Crippen molar-refractivity contribution in [3.8, 4) is 5.75 Å². The van der Waals surface area contributed by atoms with E-state index in [-0.39, 0.29) is 17.6 Å². The molecule has 5 heteroatoms. The summed E-state index contributed by atoms with van der Waals surface area (Å²) in [5.41, 5.74) is 3.17. The molecule has 4 nitrogen and oxygen atoms in total. The van der Waals surface area contributed by atoms with Crippen molar-refractivity contribution in [2.24, 2.45) is 0 Å². The van der Waals surface area contributed by atoms with E-state index in [1.807, 2.05) is 48.5 Å². The lowest BCUT2D eigenvalue weighted by atomic mass is 10.0. The highest BCUT2D eigenvalue weighted by Gasteiger charge is 2.10. The monoisotopic (exact) mass is 356 g/mol. The largest absolute Gasteiger partial charge is 0.483 e. The summed E-state index contributed by atoms with van der Waals surface area (Å²) >= 11 is 5.17. The standard InChI is InChI=1S/C20H24N2O2S/c1-4-15-9-11-16(12-10-15)21-20(25)22-19(23)13-24-18-8-6-5-7-17(18)14(2)3/h5-12,14H,4,13H2,1-3H3,(H2,21,22,23,25). The molecule has 2 aromatic rings. The van der Waals surface area contributed by atoms with Gasteiger partial charge in [0.05, 0.1) is 0 Å². The van der Waals surface area contributed by atoms with Gasteiger partial charge in [0.1, 0.15) is 5.75 Å². The van der Waals surface area contributed by atoms with Gasteiger partial charge < -0.3 is 10.1 Å². The summed E-state index contributed by atoms with van der Waals surface area (Å²) in [6.45, 7) is 6.20. The zero-order valence-electron chi connectivity index (χ0n) is 14.8. The van der Waals surface area contributed by atoms with Gasteiger partial charge in [-0.05, 0) is 53.9 Å². The Morgan fingerprint density at radius 3 is 2.44 bits per heavy atom. The van der Waals surface area contributed by atoms with Gasteiger partial charge >= 0.3 is 0 Å². The fraction of sp³-hybridized carbons (Fsp3) is 0.300. The van der Waals surface area contributed by atoms with E-state index in [0.717, 1.165) is 23.4 Å². The summed E-state index contributed by atoms with van der Waals surface area (Å²) in [4.78, 5) is 12.0. The molecule has 0 unspecified atom stereocenters. The first-order valence-corrected chi connectivity index (χ1v) is 8.82. The average molecular weight is 356 g/mol. The average Bonchev–Trinajstić information content (AvgIpc) is 2.60. The maximum Gasteiger partial charge on any atom is 0.264 e. The Bertz CT molecular complexity index is 727. The fourth-order valence-electron chi connectivity index (χ4n) is 2.38. The minimum atomic E-state index is -0.291. The number of carbonyl (C=O) groups is 1. The van der Waals surface area contributed by atoms with Crippen LogP contribution < -0.4 is 15.4 Å². The van der Waals surface area contributed by atoms with Gasteiger partial charge in [0.2, 0.25) is 0 Å². The van der Waals surface area contributed by atoms with Crippen LogP contribution in [0.5, 0.6) is 5.75 Å². The zero-order chi connectivity index (χ0) is 18.2. The van der Waals surface area contributed by atoms with Gasteiger partial charge in [0, 0.05) is 5.69 Å². The number of ether oxygens (including phenoxy) is 1. The molecule has 2 aromatic carbocycles. The van der Waals surface area contributed by atoms with Crippen molar-refractivity contribution in [1.82, 2.24) is 5.32 Å². The van der Waals surface area contributed by atoms with Gasteiger partial charge in [0.15, 0.2) is 11.7 Å². The smallest absolute Gasteiger partial charge is 0.264 e. The summed E-state index contributed by atoms with van der Waals surface area (Å²) in [5.74, 6) is 0.760. The van der Waals surface area contributed by atoms with Crippen LogP contribution in [-0.4, -0.2) is 17.6 Å². The number of rotatable bonds is 6. The molecule has 0 spiro atoms. The number of aryl methyl sites for hydroxylation is 1. The van der Waals surface area contributed by atoms with Crippen LogP contribution in [0, 0.1) is 0 Å². The Hall–Kier alpha value is -2.40. The quantitative estimate of drug-likeness (QED) is 0.759. The molecule has 0 atom stereocenters. The predicted octanol–water partition coefficient (Wildman–Crippen LogP) is 4.26. The van der Waals surface area contributed by atoms with Crippen LogP contribution in [0.15, 0.2) is 48.5 Å². The molecule has 0 heterocycles. The number of carbonyl (C=O) groups excluding carboxylic acids is 1. The molecule has 0 saturated heterocycles. The van der Waals surface area contributed by atoms with Gasteiger partial charge in [-0.3, -0.25) is 10.1 Å². The van der Waals surface area contributed by atoms with Gasteiger partial charge in [-0.1, -0.05) is 51.1 Å². The number of amides is 1. The van der Waals surface area contributed by atoms with Crippen molar-refractivity contribution in [2.75, 3.05) is 11.9 Å². The van der Waals surface area contributed by atoms with Crippen LogP contribution in [-0.2, 0) is 11.2 Å². The van der Waals surface area contributed by atoms with Crippen LogP contribution in [0.25, 0.3) is 0 Å². The number of para-hydroxylation sites is 1. The van der Waals surface area contributed by atoms with E-state index < -0.39 is 0 Å². The van der Waals surface area contributed by atoms with Crippen molar-refractivity contribution in [1.29, 1.82) is 0 Å². The SMILES string of the molecule is CCc1ccc(NC(=S)NC(=O)COc2ccccc2C(C)C)cc1. The molecule has 0 aliphatic rings. The Morgan fingerprint density at radius 2 is 1.80 bits per heavy atom. The van der Waals surface area contributed by atoms with Gasteiger partial charge in [-0.15, -0.1) is 0 Å². The first-order chi connectivity index (χ1) is 12.0. The zero-order valence-corrected chi connectivity index (χ0v) is 15.7. The van der Waals surface area contributed by atoms with Crippen molar-refractivity contribution < 1.29 is 9.53 Å². The minimum Gasteiger partial charge on any atom is -0.483 e. The molecule has 0 aliphatic heterocycles. The molecule has 1 amide bonds. The molecule has 0 fully saturated rings. The Balaban J connectivity index is 1.84. The Kier molecular flexibility index (Phi) is 6.95. The lowest BCUT2D eigenvalue weighted by molar-refractivity contribution is -0.121. The van der Waals surface area contributed by atoms with Gasteiger partial charge in [-0.25, -0.2) is 0 Å². The van der Waals surface area contributed by atoms with Crippen LogP contribution in [0.1, 0.15) is 37.8 Å². The highest BCUT2D eigenvalue weighted by molar-refractivity contribution is 7.80. The van der Waals surface area contributed by atoms with Gasteiger partial charge in [-0.2, -0.15) is 0 Å². The first-order valence-electron chi connectivity index (χ1n) is 8.41. The van der Waals surface area contributed by atoms with Crippen molar-refractivity contribution in [3.05, 3.63) is 59.7 Å². The topological polar surface area (TPSA) is 50.4 Å². The third-order valence-corrected chi connectivity index (χ3v) is 3.98. The molecule has 2 rings (SSSR count). The van der Waals surface area contributed by atoms with Crippen molar-refractivity contribution in [2.45, 2.75) is 33.1 Å². The second-order valence-electron chi connectivity index (χ2n) is 6.03. The van der Waals surface area contributed by atoms with Crippen molar-refractivity contribution >= 4 is 28.9 Å². The summed E-state index contributed by atoms with van der Waals surface area (Å²) in [5, 5.41) is 5.89. The molecule has 0 radical (unpaired) electrons. The van der Waals surface area contributed by atoms with E-state index in [0.29, 0.717) is 5.92 Å². The van der Waals surface area contributed by atoms with Crippen LogP contribution in [0.3, 0.4) is 0 Å². The lowest BCUT2D eigenvalue weighted by Crippen LogP contribution is -2.37. The maximum absolute atomic E-state index is 12.0. The lowest BCUT2D eigenvalue weighted by Gasteiger charge is -2.14. The number of anilines is 1. The molecule has 0 saturated carbocycles. The summed E-state index contributed by atoms with van der Waals surface area (Å²) in [7, 11) is 0. The molecule has 25 heavy (non-hydrogen) atoms. The van der Waals surface area contributed by atoms with E-state index >= 15 is 0 Å². The van der Waals surface area contributed by atoms with E-state index in [1.165, 1.54) is 5.56 Å². The predicted molar refractivity (Wildman–Crippen MR) is 106 cm³/mol. The maximum atomic E-state index is 12.0. The highest BCUT2D eigenvalue weighted by Crippen LogP contribution is 2.25. The number of nitrogens with one attached hydrogen (secondary N) is 2. The van der Waals surface area contributed by atoms with Crippen LogP contribution in [0.2, 0.25) is 0 Å². The second-order valence-corrected chi connectivity index (χ2v) is 6.44. The fourth-order valence-corrected chi connectivity index (χ4v) is 2.61. The van der Waals surface area contributed by atoms with E-state index in [9.17, 15) is 4.79 Å². The first kappa shape index (κ1) is 18.9. The molecular weight excluding hydrogens is 332 g/mol. The van der Waals surface area contributed by atoms with E-state index in [2.05, 4.69) is 31.4 Å². The molecule has 132 valence electrons. The second kappa shape index (κ2) is 9.18. The Labute approximate surface area is 154 Å². The highest BCUT2D eigenvalue weighted by atomic mass is 32.1. The van der Waals surface area contributed by atoms with Crippen LogP contribution >= 0.6 is 12.2 Å². The third-order valence-electron chi connectivity index (χ3n) is 3.77. The van der Waals surface area contributed by atoms with Crippen LogP contribution in [0.4, 0.5) is 5.69 Å². The molecule has 0 aliphatic carbocycles. The summed E-state index contributed by atoms with van der Waals surface area (Å²) in [6, 6.07) is 15.7. The third kappa shape index (κ3) is 5.87. The molecule has 0 bridgehead atoms. The summed E-state index contributed by atoms with van der Waals surface area (Å²) < 4.78 is 5.64.